The van der Waals surface area contributed by atoms with Gasteiger partial charge in [-0.2, -0.15) is 0 Å². The van der Waals surface area contributed by atoms with Crippen LogP contribution in [-0.4, -0.2) is 35.9 Å². The standard InChI is InChI=1S/C15H24N2O2/c1-3-9-19-14-5-4-8-17(11-14)13-6-7-15(12(2)18)16-10-13/h6-7,10,12,14,18H,3-5,8-9,11H2,1-2H3/t12-,14?/m1/s1. The normalized spacial score (nSPS) is 21.4. The summed E-state index contributed by atoms with van der Waals surface area (Å²) in [6.07, 6.45) is 5.06. The van der Waals surface area contributed by atoms with Crippen LogP contribution in [0.2, 0.25) is 0 Å². The monoisotopic (exact) mass is 264 g/mol. The molecule has 1 aromatic rings. The first-order valence-corrected chi connectivity index (χ1v) is 7.21. The lowest BCUT2D eigenvalue weighted by molar-refractivity contribution is 0.0440. The first kappa shape index (κ1) is 14.3. The first-order chi connectivity index (χ1) is 9.20. The van der Waals surface area contributed by atoms with Gasteiger partial charge in [0.25, 0.3) is 0 Å². The van der Waals surface area contributed by atoms with E-state index in [2.05, 4.69) is 16.8 Å². The number of rotatable bonds is 5. The zero-order valence-electron chi connectivity index (χ0n) is 11.9. The summed E-state index contributed by atoms with van der Waals surface area (Å²) >= 11 is 0. The third kappa shape index (κ3) is 3.91. The minimum absolute atomic E-state index is 0.338. The molecule has 0 amide bonds. The van der Waals surface area contributed by atoms with Crippen molar-refractivity contribution in [3.8, 4) is 0 Å². The van der Waals surface area contributed by atoms with Crippen LogP contribution in [0.1, 0.15) is 44.9 Å². The van der Waals surface area contributed by atoms with E-state index in [0.717, 1.165) is 50.3 Å². The SMILES string of the molecule is CCCOC1CCCN(c2ccc([C@@H](C)O)nc2)C1. The van der Waals surface area contributed by atoms with Gasteiger partial charge in [0.2, 0.25) is 0 Å². The predicted molar refractivity (Wildman–Crippen MR) is 76.3 cm³/mol. The Hall–Kier alpha value is -1.13. The van der Waals surface area contributed by atoms with Crippen LogP contribution < -0.4 is 4.90 Å². The molecule has 2 heterocycles. The van der Waals surface area contributed by atoms with Crippen LogP contribution in [0.4, 0.5) is 5.69 Å². The number of anilines is 1. The quantitative estimate of drug-likeness (QED) is 0.887. The summed E-state index contributed by atoms with van der Waals surface area (Å²) in [5, 5.41) is 9.47. The highest BCUT2D eigenvalue weighted by molar-refractivity contribution is 5.45. The molecule has 1 aliphatic rings. The van der Waals surface area contributed by atoms with Crippen LogP contribution >= 0.6 is 0 Å². The molecule has 1 aliphatic heterocycles. The molecule has 0 saturated carbocycles. The van der Waals surface area contributed by atoms with Crippen molar-refractivity contribution in [1.82, 2.24) is 4.98 Å². The lowest BCUT2D eigenvalue weighted by atomic mass is 10.1. The van der Waals surface area contributed by atoms with Crippen molar-refractivity contribution < 1.29 is 9.84 Å². The van der Waals surface area contributed by atoms with E-state index < -0.39 is 6.10 Å². The Labute approximate surface area is 115 Å². The lowest BCUT2D eigenvalue weighted by Gasteiger charge is -2.34. The Bertz CT molecular complexity index is 378. The molecule has 1 unspecified atom stereocenters. The fourth-order valence-electron chi connectivity index (χ4n) is 2.42. The van der Waals surface area contributed by atoms with E-state index in [9.17, 15) is 5.11 Å². The molecule has 1 aromatic heterocycles. The average Bonchev–Trinajstić information content (AvgIpc) is 2.45. The Morgan fingerprint density at radius 1 is 1.53 bits per heavy atom. The van der Waals surface area contributed by atoms with Crippen molar-refractivity contribution in [3.63, 3.8) is 0 Å². The highest BCUT2D eigenvalue weighted by atomic mass is 16.5. The molecule has 4 nitrogen and oxygen atoms in total. The van der Waals surface area contributed by atoms with Crippen molar-refractivity contribution >= 4 is 5.69 Å². The highest BCUT2D eigenvalue weighted by Gasteiger charge is 2.20. The molecule has 1 N–H and O–H groups in total. The average molecular weight is 264 g/mol. The molecular formula is C15H24N2O2. The van der Waals surface area contributed by atoms with Crippen molar-refractivity contribution in [1.29, 1.82) is 0 Å². The van der Waals surface area contributed by atoms with Crippen molar-refractivity contribution in [2.75, 3.05) is 24.6 Å². The van der Waals surface area contributed by atoms with Crippen LogP contribution in [0, 0.1) is 0 Å². The Morgan fingerprint density at radius 3 is 3.00 bits per heavy atom. The smallest absolute Gasteiger partial charge is 0.0931 e. The van der Waals surface area contributed by atoms with Crippen LogP contribution in [-0.2, 0) is 4.74 Å². The summed E-state index contributed by atoms with van der Waals surface area (Å²) < 4.78 is 5.84. The summed E-state index contributed by atoms with van der Waals surface area (Å²) in [5.74, 6) is 0. The van der Waals surface area contributed by atoms with Gasteiger partial charge in [-0.1, -0.05) is 6.92 Å². The molecule has 0 radical (unpaired) electrons. The molecule has 4 heteroatoms. The minimum Gasteiger partial charge on any atom is -0.387 e. The maximum atomic E-state index is 9.47. The molecule has 1 fully saturated rings. The van der Waals surface area contributed by atoms with E-state index >= 15 is 0 Å². The van der Waals surface area contributed by atoms with Gasteiger partial charge in [-0.3, -0.25) is 4.98 Å². The van der Waals surface area contributed by atoms with Crippen molar-refractivity contribution in [3.05, 3.63) is 24.0 Å². The van der Waals surface area contributed by atoms with E-state index in [1.807, 2.05) is 18.3 Å². The van der Waals surface area contributed by atoms with Gasteiger partial charge in [0.15, 0.2) is 0 Å². The molecule has 0 spiro atoms. The molecule has 106 valence electrons. The fraction of sp³-hybridized carbons (Fsp3) is 0.667. The van der Waals surface area contributed by atoms with E-state index in [4.69, 9.17) is 4.74 Å². The van der Waals surface area contributed by atoms with Crippen molar-refractivity contribution in [2.45, 2.75) is 45.3 Å². The van der Waals surface area contributed by atoms with Gasteiger partial charge in [0.05, 0.1) is 29.8 Å². The summed E-state index contributed by atoms with van der Waals surface area (Å²) in [7, 11) is 0. The second-order valence-electron chi connectivity index (χ2n) is 5.20. The summed E-state index contributed by atoms with van der Waals surface area (Å²) in [5.41, 5.74) is 1.84. The van der Waals surface area contributed by atoms with Crippen LogP contribution in [0.5, 0.6) is 0 Å². The highest BCUT2D eigenvalue weighted by Crippen LogP contribution is 2.22. The number of aliphatic hydroxyl groups excluding tert-OH is 1. The number of nitrogens with zero attached hydrogens (tertiary/aromatic N) is 2. The Kier molecular flexibility index (Phi) is 5.16. The molecule has 0 aliphatic carbocycles. The number of ether oxygens (including phenoxy) is 1. The van der Waals surface area contributed by atoms with Gasteiger partial charge in [-0.15, -0.1) is 0 Å². The minimum atomic E-state index is -0.504. The van der Waals surface area contributed by atoms with Gasteiger partial charge < -0.3 is 14.7 Å². The number of aliphatic hydroxyl groups is 1. The predicted octanol–water partition coefficient (Wildman–Crippen LogP) is 2.53. The van der Waals surface area contributed by atoms with E-state index in [0.29, 0.717) is 6.10 Å². The van der Waals surface area contributed by atoms with E-state index in [1.165, 1.54) is 0 Å². The number of pyridine rings is 1. The third-order valence-electron chi connectivity index (χ3n) is 3.50. The Morgan fingerprint density at radius 2 is 2.37 bits per heavy atom. The molecule has 0 aromatic carbocycles. The molecule has 19 heavy (non-hydrogen) atoms. The summed E-state index contributed by atoms with van der Waals surface area (Å²) in [4.78, 5) is 6.63. The fourth-order valence-corrected chi connectivity index (χ4v) is 2.42. The van der Waals surface area contributed by atoms with E-state index in [-0.39, 0.29) is 0 Å². The molecule has 2 atom stereocenters. The largest absolute Gasteiger partial charge is 0.387 e. The van der Waals surface area contributed by atoms with Crippen LogP contribution in [0.3, 0.4) is 0 Å². The second kappa shape index (κ2) is 6.87. The third-order valence-corrected chi connectivity index (χ3v) is 3.50. The summed E-state index contributed by atoms with van der Waals surface area (Å²) in [6.45, 7) is 6.71. The van der Waals surface area contributed by atoms with Crippen LogP contribution in [0.15, 0.2) is 18.3 Å². The van der Waals surface area contributed by atoms with Gasteiger partial charge in [0, 0.05) is 19.7 Å². The molecule has 0 bridgehead atoms. The number of hydrogen-bond donors (Lipinski definition) is 1. The van der Waals surface area contributed by atoms with Crippen LogP contribution in [0.25, 0.3) is 0 Å². The zero-order chi connectivity index (χ0) is 13.7. The Balaban J connectivity index is 1.96. The lowest BCUT2D eigenvalue weighted by Crippen LogP contribution is -2.39. The summed E-state index contributed by atoms with van der Waals surface area (Å²) in [6, 6.07) is 3.94. The maximum Gasteiger partial charge on any atom is 0.0931 e. The molecule has 1 saturated heterocycles. The van der Waals surface area contributed by atoms with Gasteiger partial charge in [-0.25, -0.2) is 0 Å². The maximum absolute atomic E-state index is 9.47. The first-order valence-electron chi connectivity index (χ1n) is 7.21. The van der Waals surface area contributed by atoms with Crippen molar-refractivity contribution in [2.24, 2.45) is 0 Å². The number of aromatic nitrogens is 1. The molecule has 2 rings (SSSR count). The number of piperidine rings is 1. The van der Waals surface area contributed by atoms with Gasteiger partial charge in [0.1, 0.15) is 0 Å². The second-order valence-corrected chi connectivity index (χ2v) is 5.20. The zero-order valence-corrected chi connectivity index (χ0v) is 11.9. The molecular weight excluding hydrogens is 240 g/mol. The van der Waals surface area contributed by atoms with Gasteiger partial charge >= 0.3 is 0 Å². The number of hydrogen-bond acceptors (Lipinski definition) is 4. The van der Waals surface area contributed by atoms with Gasteiger partial charge in [-0.05, 0) is 38.3 Å². The van der Waals surface area contributed by atoms with E-state index in [1.54, 1.807) is 6.92 Å². The topological polar surface area (TPSA) is 45.6 Å².